The normalized spacial score (nSPS) is 11.1. The first-order chi connectivity index (χ1) is 5.89. The number of nitrogens with two attached hydrogens (primary N) is 2. The molecule has 0 saturated carbocycles. The fourth-order valence-corrected chi connectivity index (χ4v) is 1.25. The molecule has 0 unspecified atom stereocenters. The quantitative estimate of drug-likeness (QED) is 0.711. The average Bonchev–Trinajstić information content (AvgIpc) is 2.03. The summed E-state index contributed by atoms with van der Waals surface area (Å²) in [7, 11) is 0. The SMILES string of the molecule is CCC(C)(C)CC(C)C.NCCN. The van der Waals surface area contributed by atoms with E-state index in [1.165, 1.54) is 12.8 Å². The van der Waals surface area contributed by atoms with Gasteiger partial charge >= 0.3 is 0 Å². The van der Waals surface area contributed by atoms with Crippen LogP contribution in [-0.2, 0) is 0 Å². The van der Waals surface area contributed by atoms with Crippen molar-refractivity contribution in [1.29, 1.82) is 0 Å². The molecule has 0 radical (unpaired) electrons. The summed E-state index contributed by atoms with van der Waals surface area (Å²) in [5.41, 5.74) is 10.4. The van der Waals surface area contributed by atoms with Crippen LogP contribution in [0.5, 0.6) is 0 Å². The van der Waals surface area contributed by atoms with Crippen molar-refractivity contribution in [3.8, 4) is 0 Å². The van der Waals surface area contributed by atoms with Crippen molar-refractivity contribution in [2.45, 2.75) is 47.5 Å². The standard InChI is InChI=1S/C9H20.C2H8N2/c1-6-9(4,5)7-8(2)3;3-1-2-4/h8H,6-7H2,1-5H3;1-4H2. The van der Waals surface area contributed by atoms with E-state index in [0.717, 1.165) is 5.92 Å². The molecule has 82 valence electrons. The van der Waals surface area contributed by atoms with Crippen molar-refractivity contribution in [3.05, 3.63) is 0 Å². The van der Waals surface area contributed by atoms with Crippen molar-refractivity contribution in [3.63, 3.8) is 0 Å². The van der Waals surface area contributed by atoms with E-state index in [4.69, 9.17) is 11.5 Å². The van der Waals surface area contributed by atoms with Crippen LogP contribution in [0.15, 0.2) is 0 Å². The zero-order chi connectivity index (χ0) is 10.9. The lowest BCUT2D eigenvalue weighted by Crippen LogP contribution is -2.12. The van der Waals surface area contributed by atoms with E-state index in [-0.39, 0.29) is 0 Å². The van der Waals surface area contributed by atoms with Gasteiger partial charge in [-0.1, -0.05) is 41.0 Å². The summed E-state index contributed by atoms with van der Waals surface area (Å²) in [6, 6.07) is 0. The second-order valence-electron chi connectivity index (χ2n) is 4.69. The number of hydrogen-bond donors (Lipinski definition) is 2. The molecule has 0 spiro atoms. The summed E-state index contributed by atoms with van der Waals surface area (Å²) in [6.07, 6.45) is 2.65. The fraction of sp³-hybridized carbons (Fsp3) is 1.00. The zero-order valence-corrected chi connectivity index (χ0v) is 10.1. The molecule has 0 bridgehead atoms. The van der Waals surface area contributed by atoms with Crippen LogP contribution in [0.25, 0.3) is 0 Å². The summed E-state index contributed by atoms with van der Waals surface area (Å²) in [5, 5.41) is 0. The van der Waals surface area contributed by atoms with Crippen molar-refractivity contribution < 1.29 is 0 Å². The first kappa shape index (κ1) is 15.4. The molecule has 0 fully saturated rings. The van der Waals surface area contributed by atoms with Crippen LogP contribution >= 0.6 is 0 Å². The molecular formula is C11H28N2. The molecule has 0 atom stereocenters. The minimum absolute atomic E-state index is 0.564. The molecule has 0 amide bonds. The highest BCUT2D eigenvalue weighted by Crippen LogP contribution is 2.28. The maximum atomic E-state index is 4.90. The largest absolute Gasteiger partial charge is 0.329 e. The lowest BCUT2D eigenvalue weighted by molar-refractivity contribution is 0.277. The van der Waals surface area contributed by atoms with Crippen molar-refractivity contribution >= 4 is 0 Å². The number of hydrogen-bond acceptors (Lipinski definition) is 2. The monoisotopic (exact) mass is 188 g/mol. The Morgan fingerprint density at radius 3 is 1.54 bits per heavy atom. The van der Waals surface area contributed by atoms with Crippen LogP contribution in [0.4, 0.5) is 0 Å². The van der Waals surface area contributed by atoms with E-state index in [9.17, 15) is 0 Å². The van der Waals surface area contributed by atoms with E-state index in [1.807, 2.05) is 0 Å². The van der Waals surface area contributed by atoms with Crippen LogP contribution in [-0.4, -0.2) is 13.1 Å². The summed E-state index contributed by atoms with van der Waals surface area (Å²) < 4.78 is 0. The molecule has 0 aromatic carbocycles. The molecule has 0 aromatic rings. The average molecular weight is 188 g/mol. The van der Waals surface area contributed by atoms with Gasteiger partial charge in [0, 0.05) is 13.1 Å². The van der Waals surface area contributed by atoms with Crippen LogP contribution < -0.4 is 11.5 Å². The van der Waals surface area contributed by atoms with Gasteiger partial charge in [0.05, 0.1) is 0 Å². The molecule has 4 N–H and O–H groups in total. The lowest BCUT2D eigenvalue weighted by Gasteiger charge is -2.24. The third-order valence-corrected chi connectivity index (χ3v) is 2.08. The Morgan fingerprint density at radius 2 is 1.46 bits per heavy atom. The molecule has 0 aliphatic heterocycles. The minimum atomic E-state index is 0.564. The van der Waals surface area contributed by atoms with E-state index in [2.05, 4.69) is 34.6 Å². The van der Waals surface area contributed by atoms with Gasteiger partial charge in [0.2, 0.25) is 0 Å². The summed E-state index contributed by atoms with van der Waals surface area (Å²) >= 11 is 0. The van der Waals surface area contributed by atoms with Crippen LogP contribution in [0, 0.1) is 11.3 Å². The van der Waals surface area contributed by atoms with E-state index in [1.54, 1.807) is 0 Å². The van der Waals surface area contributed by atoms with Gasteiger partial charge in [-0.05, 0) is 17.8 Å². The fourth-order valence-electron chi connectivity index (χ4n) is 1.25. The van der Waals surface area contributed by atoms with Crippen LogP contribution in [0.3, 0.4) is 0 Å². The van der Waals surface area contributed by atoms with Gasteiger partial charge in [0.15, 0.2) is 0 Å². The maximum absolute atomic E-state index is 4.90. The Hall–Kier alpha value is -0.0800. The highest BCUT2D eigenvalue weighted by Gasteiger charge is 2.15. The third-order valence-electron chi connectivity index (χ3n) is 2.08. The number of rotatable bonds is 4. The van der Waals surface area contributed by atoms with Gasteiger partial charge in [0.1, 0.15) is 0 Å². The zero-order valence-electron chi connectivity index (χ0n) is 10.1. The van der Waals surface area contributed by atoms with Gasteiger partial charge in [-0.15, -0.1) is 0 Å². The molecule has 0 heterocycles. The van der Waals surface area contributed by atoms with Crippen molar-refractivity contribution in [1.82, 2.24) is 0 Å². The Balaban J connectivity index is 0. The van der Waals surface area contributed by atoms with Gasteiger partial charge in [0.25, 0.3) is 0 Å². The summed E-state index contributed by atoms with van der Waals surface area (Å²) in [4.78, 5) is 0. The van der Waals surface area contributed by atoms with E-state index >= 15 is 0 Å². The van der Waals surface area contributed by atoms with E-state index < -0.39 is 0 Å². The molecule has 2 heteroatoms. The minimum Gasteiger partial charge on any atom is -0.329 e. The second-order valence-corrected chi connectivity index (χ2v) is 4.69. The predicted octanol–water partition coefficient (Wildman–Crippen LogP) is 2.37. The molecular weight excluding hydrogens is 160 g/mol. The Kier molecular flexibility index (Phi) is 10.1. The van der Waals surface area contributed by atoms with Gasteiger partial charge in [-0.2, -0.15) is 0 Å². The third kappa shape index (κ3) is 14.7. The summed E-state index contributed by atoms with van der Waals surface area (Å²) in [5.74, 6) is 0.847. The van der Waals surface area contributed by atoms with Crippen molar-refractivity contribution in [2.75, 3.05) is 13.1 Å². The highest BCUT2D eigenvalue weighted by atomic mass is 14.6. The Morgan fingerprint density at radius 1 is 1.08 bits per heavy atom. The Labute approximate surface area is 84.1 Å². The molecule has 2 nitrogen and oxygen atoms in total. The maximum Gasteiger partial charge on any atom is 0.00461 e. The van der Waals surface area contributed by atoms with Crippen LogP contribution in [0.2, 0.25) is 0 Å². The van der Waals surface area contributed by atoms with Gasteiger partial charge in [-0.25, -0.2) is 0 Å². The van der Waals surface area contributed by atoms with Gasteiger partial charge < -0.3 is 11.5 Å². The van der Waals surface area contributed by atoms with Crippen LogP contribution in [0.1, 0.15) is 47.5 Å². The molecule has 0 saturated heterocycles. The first-order valence-corrected chi connectivity index (χ1v) is 5.29. The molecule has 0 rings (SSSR count). The molecule has 13 heavy (non-hydrogen) atoms. The highest BCUT2D eigenvalue weighted by molar-refractivity contribution is 4.67. The lowest BCUT2D eigenvalue weighted by atomic mass is 9.82. The first-order valence-electron chi connectivity index (χ1n) is 5.29. The second kappa shape index (κ2) is 8.52. The molecule has 0 aliphatic rings. The van der Waals surface area contributed by atoms with E-state index in [0.29, 0.717) is 18.5 Å². The molecule has 0 aliphatic carbocycles. The van der Waals surface area contributed by atoms with Crippen molar-refractivity contribution in [2.24, 2.45) is 22.8 Å². The Bertz CT molecular complexity index is 96.3. The molecule has 0 aromatic heterocycles. The topological polar surface area (TPSA) is 52.0 Å². The van der Waals surface area contributed by atoms with Gasteiger partial charge in [-0.3, -0.25) is 0 Å². The summed E-state index contributed by atoms with van der Waals surface area (Å²) in [6.45, 7) is 12.7. The predicted molar refractivity (Wildman–Crippen MR) is 61.6 cm³/mol. The smallest absolute Gasteiger partial charge is 0.00461 e.